The predicted octanol–water partition coefficient (Wildman–Crippen LogP) is 2.77. The van der Waals surface area contributed by atoms with E-state index >= 15 is 0 Å². The first kappa shape index (κ1) is 9.81. The fourth-order valence-corrected chi connectivity index (χ4v) is 1.25. The Bertz CT molecular complexity index is 345. The summed E-state index contributed by atoms with van der Waals surface area (Å²) in [5.74, 6) is -0.959. The van der Waals surface area contributed by atoms with Crippen LogP contribution in [0.25, 0.3) is 0 Å². The van der Waals surface area contributed by atoms with Gasteiger partial charge < -0.3 is 5.11 Å². The average molecular weight is 197 g/mol. The number of allylic oxidation sites excluding steroid dienone is 1. The maximum atomic E-state index is 10.8. The molecule has 68 valence electrons. The molecule has 0 radical (unpaired) electrons. The summed E-state index contributed by atoms with van der Waals surface area (Å²) < 4.78 is 0. The molecule has 0 amide bonds. The molecule has 0 aliphatic rings. The first-order valence-corrected chi connectivity index (χ1v) is 4.15. The number of rotatable bonds is 3. The maximum absolute atomic E-state index is 10.8. The fraction of sp³-hybridized carbons (Fsp3) is 0.100. The molecular weight excluding hydrogens is 188 g/mol. The van der Waals surface area contributed by atoms with Crippen molar-refractivity contribution in [3.05, 3.63) is 47.0 Å². The van der Waals surface area contributed by atoms with E-state index in [0.29, 0.717) is 11.4 Å². The molecule has 0 aliphatic carbocycles. The Morgan fingerprint density at radius 2 is 2.31 bits per heavy atom. The van der Waals surface area contributed by atoms with Crippen molar-refractivity contribution in [2.75, 3.05) is 0 Å². The first-order valence-electron chi connectivity index (χ1n) is 3.77. The predicted molar refractivity (Wildman–Crippen MR) is 52.3 cm³/mol. The minimum atomic E-state index is -0.959. The zero-order chi connectivity index (χ0) is 9.84. The van der Waals surface area contributed by atoms with Gasteiger partial charge in [0.2, 0.25) is 0 Å². The smallest absolute Gasteiger partial charge is 0.336 e. The highest BCUT2D eigenvalue weighted by Gasteiger charge is 2.08. The van der Waals surface area contributed by atoms with Gasteiger partial charge in [0.1, 0.15) is 0 Å². The second-order valence-electron chi connectivity index (χ2n) is 2.60. The molecule has 0 saturated heterocycles. The van der Waals surface area contributed by atoms with E-state index in [2.05, 4.69) is 6.58 Å². The zero-order valence-corrected chi connectivity index (χ0v) is 7.71. The second kappa shape index (κ2) is 4.10. The summed E-state index contributed by atoms with van der Waals surface area (Å²) in [6.07, 6.45) is 2.20. The Balaban J connectivity index is 3.17. The van der Waals surface area contributed by atoms with Crippen LogP contribution in [0.15, 0.2) is 30.9 Å². The third-order valence-corrected chi connectivity index (χ3v) is 1.90. The summed E-state index contributed by atoms with van der Waals surface area (Å²) in [7, 11) is 0. The standard InChI is InChI=1S/C10H9ClO2/c1-2-3-7-4-5-8(11)6-9(7)10(12)13/h2,4-6H,1,3H2,(H,12,13). The Morgan fingerprint density at radius 3 is 2.85 bits per heavy atom. The molecule has 0 spiro atoms. The lowest BCUT2D eigenvalue weighted by molar-refractivity contribution is 0.0696. The van der Waals surface area contributed by atoms with Gasteiger partial charge in [0.05, 0.1) is 5.56 Å². The van der Waals surface area contributed by atoms with Crippen molar-refractivity contribution in [3.63, 3.8) is 0 Å². The Labute approximate surface area is 81.5 Å². The van der Waals surface area contributed by atoms with E-state index in [1.807, 2.05) is 0 Å². The summed E-state index contributed by atoms with van der Waals surface area (Å²) >= 11 is 5.67. The SMILES string of the molecule is C=CCc1ccc(Cl)cc1C(=O)O. The van der Waals surface area contributed by atoms with E-state index < -0.39 is 5.97 Å². The Morgan fingerprint density at radius 1 is 1.62 bits per heavy atom. The van der Waals surface area contributed by atoms with Crippen LogP contribution in [0.3, 0.4) is 0 Å². The van der Waals surface area contributed by atoms with Crippen LogP contribution in [0.1, 0.15) is 15.9 Å². The van der Waals surface area contributed by atoms with Gasteiger partial charge in [-0.3, -0.25) is 0 Å². The normalized spacial score (nSPS) is 9.62. The number of aromatic carboxylic acids is 1. The van der Waals surface area contributed by atoms with Crippen molar-refractivity contribution in [2.24, 2.45) is 0 Å². The van der Waals surface area contributed by atoms with Crippen LogP contribution >= 0.6 is 11.6 Å². The van der Waals surface area contributed by atoms with Crippen LogP contribution in [0.4, 0.5) is 0 Å². The molecule has 0 saturated carbocycles. The highest BCUT2D eigenvalue weighted by Crippen LogP contribution is 2.16. The Hall–Kier alpha value is -1.28. The molecule has 13 heavy (non-hydrogen) atoms. The van der Waals surface area contributed by atoms with Gasteiger partial charge in [-0.15, -0.1) is 6.58 Å². The average Bonchev–Trinajstić information content (AvgIpc) is 2.08. The van der Waals surface area contributed by atoms with Crippen LogP contribution in [-0.4, -0.2) is 11.1 Å². The lowest BCUT2D eigenvalue weighted by atomic mass is 10.1. The molecule has 3 heteroatoms. The third kappa shape index (κ3) is 2.33. The van der Waals surface area contributed by atoms with E-state index in [-0.39, 0.29) is 5.56 Å². The van der Waals surface area contributed by atoms with Gasteiger partial charge in [0.25, 0.3) is 0 Å². The summed E-state index contributed by atoms with van der Waals surface area (Å²) in [6, 6.07) is 4.82. The second-order valence-corrected chi connectivity index (χ2v) is 3.04. The topological polar surface area (TPSA) is 37.3 Å². The van der Waals surface area contributed by atoms with Crippen molar-refractivity contribution in [2.45, 2.75) is 6.42 Å². The number of halogens is 1. The molecule has 0 unspecified atom stereocenters. The molecule has 1 rings (SSSR count). The number of hydrogen-bond donors (Lipinski definition) is 1. The monoisotopic (exact) mass is 196 g/mol. The summed E-state index contributed by atoms with van der Waals surface area (Å²) in [5, 5.41) is 9.26. The van der Waals surface area contributed by atoms with Gasteiger partial charge in [-0.25, -0.2) is 4.79 Å². The lowest BCUT2D eigenvalue weighted by Gasteiger charge is -2.02. The van der Waals surface area contributed by atoms with E-state index in [0.717, 1.165) is 5.56 Å². The van der Waals surface area contributed by atoms with E-state index in [4.69, 9.17) is 16.7 Å². The molecule has 0 atom stereocenters. The quantitative estimate of drug-likeness (QED) is 0.755. The highest BCUT2D eigenvalue weighted by molar-refractivity contribution is 6.30. The van der Waals surface area contributed by atoms with Crippen molar-refractivity contribution in [1.82, 2.24) is 0 Å². The molecule has 0 aliphatic heterocycles. The largest absolute Gasteiger partial charge is 0.478 e. The van der Waals surface area contributed by atoms with Crippen molar-refractivity contribution in [1.29, 1.82) is 0 Å². The van der Waals surface area contributed by atoms with E-state index in [1.54, 1.807) is 18.2 Å². The van der Waals surface area contributed by atoms with Crippen LogP contribution in [0, 0.1) is 0 Å². The van der Waals surface area contributed by atoms with Crippen molar-refractivity contribution >= 4 is 17.6 Å². The first-order chi connectivity index (χ1) is 6.15. The molecule has 0 fully saturated rings. The van der Waals surface area contributed by atoms with E-state index in [1.165, 1.54) is 6.07 Å². The Kier molecular flexibility index (Phi) is 3.09. The maximum Gasteiger partial charge on any atom is 0.336 e. The van der Waals surface area contributed by atoms with Crippen molar-refractivity contribution < 1.29 is 9.90 Å². The van der Waals surface area contributed by atoms with Crippen LogP contribution in [-0.2, 0) is 6.42 Å². The lowest BCUT2D eigenvalue weighted by Crippen LogP contribution is -2.01. The molecule has 0 bridgehead atoms. The highest BCUT2D eigenvalue weighted by atomic mass is 35.5. The molecule has 0 heterocycles. The molecule has 1 aromatic rings. The molecule has 1 N–H and O–H groups in total. The van der Waals surface area contributed by atoms with E-state index in [9.17, 15) is 4.79 Å². The van der Waals surface area contributed by atoms with Crippen LogP contribution in [0.5, 0.6) is 0 Å². The summed E-state index contributed by atoms with van der Waals surface area (Å²) in [4.78, 5) is 10.8. The number of hydrogen-bond acceptors (Lipinski definition) is 1. The number of carboxylic acids is 1. The summed E-state index contributed by atoms with van der Waals surface area (Å²) in [6.45, 7) is 3.55. The van der Waals surface area contributed by atoms with Gasteiger partial charge in [-0.05, 0) is 24.1 Å². The van der Waals surface area contributed by atoms with Gasteiger partial charge in [-0.2, -0.15) is 0 Å². The number of carbonyl (C=O) groups is 1. The molecule has 1 aromatic carbocycles. The number of carboxylic acid groups (broad SMARTS) is 1. The summed E-state index contributed by atoms with van der Waals surface area (Å²) in [5.41, 5.74) is 0.972. The molecule has 0 aromatic heterocycles. The van der Waals surface area contributed by atoms with Gasteiger partial charge in [0, 0.05) is 5.02 Å². The molecular formula is C10H9ClO2. The van der Waals surface area contributed by atoms with Gasteiger partial charge in [-0.1, -0.05) is 23.7 Å². The number of benzene rings is 1. The van der Waals surface area contributed by atoms with Crippen molar-refractivity contribution in [3.8, 4) is 0 Å². The zero-order valence-electron chi connectivity index (χ0n) is 6.96. The van der Waals surface area contributed by atoms with Gasteiger partial charge >= 0.3 is 5.97 Å². The molecule has 2 nitrogen and oxygen atoms in total. The minimum absolute atomic E-state index is 0.243. The van der Waals surface area contributed by atoms with Crippen LogP contribution in [0.2, 0.25) is 5.02 Å². The van der Waals surface area contributed by atoms with Gasteiger partial charge in [0.15, 0.2) is 0 Å². The third-order valence-electron chi connectivity index (χ3n) is 1.67. The minimum Gasteiger partial charge on any atom is -0.478 e. The fourth-order valence-electron chi connectivity index (χ4n) is 1.08. The van der Waals surface area contributed by atoms with Crippen LogP contribution < -0.4 is 0 Å².